The molecule has 0 bridgehead atoms. The third-order valence-corrected chi connectivity index (χ3v) is 13.9. The highest BCUT2D eigenvalue weighted by atomic mass is 16.6. The van der Waals surface area contributed by atoms with E-state index in [1.807, 2.05) is 0 Å². The van der Waals surface area contributed by atoms with Gasteiger partial charge in [-0.3, -0.25) is 9.59 Å². The van der Waals surface area contributed by atoms with Gasteiger partial charge in [-0.05, 0) is 64.2 Å². The van der Waals surface area contributed by atoms with Crippen molar-refractivity contribution in [3.05, 3.63) is 36.5 Å². The second-order valence-corrected chi connectivity index (χ2v) is 20.8. The van der Waals surface area contributed by atoms with E-state index in [9.17, 15) is 14.7 Å². The Morgan fingerprint density at radius 2 is 0.618 bits per heavy atom. The molecule has 0 aromatic carbocycles. The Morgan fingerprint density at radius 3 is 0.941 bits per heavy atom. The molecule has 0 aliphatic rings. The Morgan fingerprint density at radius 1 is 0.338 bits per heavy atom. The van der Waals surface area contributed by atoms with E-state index in [1.165, 1.54) is 250 Å². The zero-order chi connectivity index (χ0) is 49.2. The summed E-state index contributed by atoms with van der Waals surface area (Å²) in [4.78, 5) is 24.4. The summed E-state index contributed by atoms with van der Waals surface area (Å²) in [5.74, 6) is -0.594. The molecule has 68 heavy (non-hydrogen) atoms. The van der Waals surface area contributed by atoms with Crippen LogP contribution in [0.25, 0.3) is 0 Å². The molecule has 400 valence electrons. The Kier molecular flexibility index (Phi) is 57.8. The Hall–Kier alpha value is -1.88. The second kappa shape index (κ2) is 59.4. The zero-order valence-electron chi connectivity index (χ0n) is 45.9. The van der Waals surface area contributed by atoms with E-state index in [0.717, 1.165) is 57.8 Å². The van der Waals surface area contributed by atoms with Crippen LogP contribution in [0.1, 0.15) is 335 Å². The van der Waals surface area contributed by atoms with Gasteiger partial charge >= 0.3 is 11.9 Å². The van der Waals surface area contributed by atoms with Gasteiger partial charge in [0.05, 0.1) is 6.61 Å². The first-order chi connectivity index (χ1) is 33.6. The van der Waals surface area contributed by atoms with Gasteiger partial charge in [-0.2, -0.15) is 0 Å². The third kappa shape index (κ3) is 56.7. The number of rotatable bonds is 57. The number of ether oxygens (including phenoxy) is 2. The number of hydrogen-bond acceptors (Lipinski definition) is 5. The van der Waals surface area contributed by atoms with Gasteiger partial charge < -0.3 is 14.6 Å². The molecule has 0 aromatic rings. The van der Waals surface area contributed by atoms with Crippen LogP contribution in [0.4, 0.5) is 0 Å². The molecule has 0 radical (unpaired) electrons. The summed E-state index contributed by atoms with van der Waals surface area (Å²) >= 11 is 0. The highest BCUT2D eigenvalue weighted by molar-refractivity contribution is 5.70. The quantitative estimate of drug-likeness (QED) is 0.0374. The number of unbranched alkanes of at least 4 members (excludes halogenated alkanes) is 43. The third-order valence-electron chi connectivity index (χ3n) is 13.9. The fourth-order valence-electron chi connectivity index (χ4n) is 9.30. The van der Waals surface area contributed by atoms with Gasteiger partial charge in [0.2, 0.25) is 0 Å². The SMILES string of the molecule is CCC/C=C\C/C=C\CCCCCCCC(=O)OC(CO)COC(=O)CCCCCCCCCCCCCCCCCCCCCCCCCCCCCCC/C=C\CCCCCCCCCC. The molecule has 0 spiro atoms. The van der Waals surface area contributed by atoms with Gasteiger partial charge in [0, 0.05) is 12.8 Å². The molecule has 5 heteroatoms. The lowest BCUT2D eigenvalue weighted by Gasteiger charge is -2.15. The van der Waals surface area contributed by atoms with Crippen molar-refractivity contribution >= 4 is 11.9 Å². The van der Waals surface area contributed by atoms with E-state index in [4.69, 9.17) is 9.47 Å². The molecule has 0 aliphatic carbocycles. The van der Waals surface area contributed by atoms with Gasteiger partial charge in [0.1, 0.15) is 6.61 Å². The van der Waals surface area contributed by atoms with Crippen molar-refractivity contribution in [1.82, 2.24) is 0 Å². The number of esters is 2. The van der Waals surface area contributed by atoms with Crippen molar-refractivity contribution in [2.24, 2.45) is 0 Å². The standard InChI is InChI=1S/C63H118O5/c1-3-5-7-9-11-13-15-17-18-19-20-21-22-23-24-25-26-27-28-29-30-31-32-33-34-35-36-37-38-39-40-41-42-43-44-46-47-49-51-53-55-57-62(65)67-60-61(59-64)68-63(66)58-56-54-52-50-48-45-16-14-12-10-8-6-4-2/h8,10,14,16,19-20,61,64H,3-7,9,11-13,15,17-18,21-60H2,1-2H3/b10-8-,16-14-,20-19-. The number of carbonyl (C=O) groups excluding carboxylic acids is 2. The van der Waals surface area contributed by atoms with Crippen LogP contribution in [0.5, 0.6) is 0 Å². The number of allylic oxidation sites excluding steroid dienone is 6. The van der Waals surface area contributed by atoms with E-state index in [-0.39, 0.29) is 25.2 Å². The topological polar surface area (TPSA) is 72.8 Å². The van der Waals surface area contributed by atoms with Crippen LogP contribution in [0.15, 0.2) is 36.5 Å². The molecule has 1 unspecified atom stereocenters. The number of aliphatic hydroxyl groups excluding tert-OH is 1. The average molecular weight is 956 g/mol. The minimum absolute atomic E-state index is 0.0675. The van der Waals surface area contributed by atoms with Crippen LogP contribution in [-0.4, -0.2) is 36.4 Å². The number of carbonyl (C=O) groups is 2. The Bertz CT molecular complexity index is 1080. The van der Waals surface area contributed by atoms with Crippen molar-refractivity contribution in [1.29, 1.82) is 0 Å². The first-order valence-corrected chi connectivity index (χ1v) is 30.5. The van der Waals surface area contributed by atoms with Crippen molar-refractivity contribution in [3.63, 3.8) is 0 Å². The van der Waals surface area contributed by atoms with Gasteiger partial charge in [-0.15, -0.1) is 0 Å². The minimum atomic E-state index is -0.776. The molecule has 5 nitrogen and oxygen atoms in total. The predicted molar refractivity (Wildman–Crippen MR) is 298 cm³/mol. The average Bonchev–Trinajstić information content (AvgIpc) is 3.34. The maximum atomic E-state index is 12.2. The number of hydrogen-bond donors (Lipinski definition) is 1. The predicted octanol–water partition coefficient (Wildman–Crippen LogP) is 20.6. The monoisotopic (exact) mass is 955 g/mol. The summed E-state index contributed by atoms with van der Waals surface area (Å²) in [6.07, 6.45) is 77.5. The highest BCUT2D eigenvalue weighted by Gasteiger charge is 2.16. The molecule has 0 saturated heterocycles. The molecule has 0 rings (SSSR count). The van der Waals surface area contributed by atoms with Crippen molar-refractivity contribution in [3.8, 4) is 0 Å². The summed E-state index contributed by atoms with van der Waals surface area (Å²) < 4.78 is 10.7. The second-order valence-electron chi connectivity index (χ2n) is 20.8. The lowest BCUT2D eigenvalue weighted by molar-refractivity contribution is -0.161. The Labute approximate surface area is 425 Å². The number of aliphatic hydroxyl groups is 1. The van der Waals surface area contributed by atoms with E-state index in [0.29, 0.717) is 12.8 Å². The largest absolute Gasteiger partial charge is 0.462 e. The van der Waals surface area contributed by atoms with E-state index in [1.54, 1.807) is 0 Å². The minimum Gasteiger partial charge on any atom is -0.462 e. The summed E-state index contributed by atoms with van der Waals surface area (Å²) in [6.45, 7) is 4.09. The van der Waals surface area contributed by atoms with Crippen LogP contribution in [0.2, 0.25) is 0 Å². The van der Waals surface area contributed by atoms with Crippen molar-refractivity contribution in [2.75, 3.05) is 13.2 Å². The molecule has 1 atom stereocenters. The van der Waals surface area contributed by atoms with Crippen LogP contribution in [-0.2, 0) is 19.1 Å². The molecule has 0 heterocycles. The van der Waals surface area contributed by atoms with E-state index < -0.39 is 6.10 Å². The fourth-order valence-corrected chi connectivity index (χ4v) is 9.30. The summed E-state index contributed by atoms with van der Waals surface area (Å²) in [6, 6.07) is 0. The first-order valence-electron chi connectivity index (χ1n) is 30.5. The molecule has 0 aliphatic heterocycles. The normalized spacial score (nSPS) is 12.3. The molecule has 1 N–H and O–H groups in total. The Balaban J connectivity index is 3.33. The van der Waals surface area contributed by atoms with Gasteiger partial charge in [0.25, 0.3) is 0 Å². The lowest BCUT2D eigenvalue weighted by Crippen LogP contribution is -2.28. The van der Waals surface area contributed by atoms with Gasteiger partial charge in [-0.25, -0.2) is 0 Å². The first kappa shape index (κ1) is 66.1. The summed E-state index contributed by atoms with van der Waals surface area (Å²) in [7, 11) is 0. The van der Waals surface area contributed by atoms with E-state index >= 15 is 0 Å². The van der Waals surface area contributed by atoms with Crippen LogP contribution >= 0.6 is 0 Å². The smallest absolute Gasteiger partial charge is 0.306 e. The van der Waals surface area contributed by atoms with Crippen LogP contribution < -0.4 is 0 Å². The molecule has 0 aromatic heterocycles. The molecule has 0 saturated carbocycles. The van der Waals surface area contributed by atoms with Crippen LogP contribution in [0.3, 0.4) is 0 Å². The van der Waals surface area contributed by atoms with Crippen LogP contribution in [0, 0.1) is 0 Å². The molecule has 0 fully saturated rings. The maximum Gasteiger partial charge on any atom is 0.306 e. The van der Waals surface area contributed by atoms with Crippen molar-refractivity contribution < 1.29 is 24.2 Å². The highest BCUT2D eigenvalue weighted by Crippen LogP contribution is 2.18. The molecule has 0 amide bonds. The summed E-state index contributed by atoms with van der Waals surface area (Å²) in [5, 5.41) is 9.61. The van der Waals surface area contributed by atoms with Gasteiger partial charge in [-0.1, -0.05) is 294 Å². The molecular weight excluding hydrogens is 837 g/mol. The fraction of sp³-hybridized carbons (Fsp3) is 0.873. The molecular formula is C63H118O5. The van der Waals surface area contributed by atoms with Gasteiger partial charge in [0.15, 0.2) is 6.10 Å². The maximum absolute atomic E-state index is 12.2. The van der Waals surface area contributed by atoms with Crippen molar-refractivity contribution in [2.45, 2.75) is 341 Å². The summed E-state index contributed by atoms with van der Waals surface area (Å²) in [5.41, 5.74) is 0. The lowest BCUT2D eigenvalue weighted by atomic mass is 10.0. The zero-order valence-corrected chi connectivity index (χ0v) is 45.9. The van der Waals surface area contributed by atoms with E-state index in [2.05, 4.69) is 50.3 Å².